The quantitative estimate of drug-likeness (QED) is 0.733. The van der Waals surface area contributed by atoms with Crippen LogP contribution < -0.4 is 9.47 Å². The van der Waals surface area contributed by atoms with Gasteiger partial charge in [0.05, 0.1) is 13.2 Å². The van der Waals surface area contributed by atoms with Crippen molar-refractivity contribution in [2.45, 2.75) is 19.3 Å². The van der Waals surface area contributed by atoms with Crippen LogP contribution in [0, 0.1) is 5.92 Å². The average Bonchev–Trinajstić information content (AvgIpc) is 2.96. The van der Waals surface area contributed by atoms with Gasteiger partial charge in [0.25, 0.3) is 0 Å². The van der Waals surface area contributed by atoms with Gasteiger partial charge in [-0.2, -0.15) is 0 Å². The highest BCUT2D eigenvalue weighted by Gasteiger charge is 2.14. The Bertz CT molecular complexity index is 344. The van der Waals surface area contributed by atoms with Crippen molar-refractivity contribution in [3.05, 3.63) is 24.3 Å². The molecule has 1 aromatic rings. The zero-order valence-corrected chi connectivity index (χ0v) is 11.2. The average molecular weight is 266 g/mol. The minimum Gasteiger partial charge on any atom is -0.494 e. The van der Waals surface area contributed by atoms with Gasteiger partial charge in [-0.15, -0.1) is 0 Å². The van der Waals surface area contributed by atoms with E-state index in [-0.39, 0.29) is 6.61 Å². The van der Waals surface area contributed by atoms with Crippen LogP contribution in [-0.2, 0) is 4.74 Å². The van der Waals surface area contributed by atoms with E-state index in [9.17, 15) is 0 Å². The molecule has 0 spiro atoms. The van der Waals surface area contributed by atoms with Gasteiger partial charge in [0.1, 0.15) is 18.1 Å². The van der Waals surface area contributed by atoms with Crippen molar-refractivity contribution in [3.8, 4) is 11.5 Å². The van der Waals surface area contributed by atoms with Gasteiger partial charge in [-0.05, 0) is 49.4 Å². The standard InChI is InChI=1S/C15H22O4/c16-8-11-19-15-5-3-14(4-6-15)18-9-1-2-13-7-10-17-12-13/h3-6,13,16H,1-2,7-12H2. The SMILES string of the molecule is OCCOc1ccc(OCCCC2CCOC2)cc1. The molecule has 1 heterocycles. The number of hydrogen-bond donors (Lipinski definition) is 1. The number of ether oxygens (including phenoxy) is 3. The van der Waals surface area contributed by atoms with Gasteiger partial charge < -0.3 is 19.3 Å². The van der Waals surface area contributed by atoms with Gasteiger partial charge in [-0.1, -0.05) is 0 Å². The number of hydrogen-bond acceptors (Lipinski definition) is 4. The summed E-state index contributed by atoms with van der Waals surface area (Å²) in [6, 6.07) is 7.50. The van der Waals surface area contributed by atoms with E-state index >= 15 is 0 Å². The van der Waals surface area contributed by atoms with Gasteiger partial charge in [0.2, 0.25) is 0 Å². The Morgan fingerprint density at radius 1 is 1.11 bits per heavy atom. The second-order valence-corrected chi connectivity index (χ2v) is 4.76. The van der Waals surface area contributed by atoms with E-state index in [0.29, 0.717) is 6.61 Å². The highest BCUT2D eigenvalue weighted by molar-refractivity contribution is 5.31. The molecule has 1 aromatic carbocycles. The van der Waals surface area contributed by atoms with E-state index in [1.807, 2.05) is 24.3 Å². The summed E-state index contributed by atoms with van der Waals surface area (Å²) >= 11 is 0. The third-order valence-corrected chi connectivity index (χ3v) is 3.23. The zero-order chi connectivity index (χ0) is 13.3. The molecular weight excluding hydrogens is 244 g/mol. The van der Waals surface area contributed by atoms with Crippen LogP contribution in [-0.4, -0.2) is 38.1 Å². The molecule has 1 fully saturated rings. The lowest BCUT2D eigenvalue weighted by molar-refractivity contribution is 0.181. The van der Waals surface area contributed by atoms with Gasteiger partial charge in [0.15, 0.2) is 0 Å². The van der Waals surface area contributed by atoms with Crippen molar-refractivity contribution in [3.63, 3.8) is 0 Å². The highest BCUT2D eigenvalue weighted by atomic mass is 16.5. The fourth-order valence-corrected chi connectivity index (χ4v) is 2.17. The van der Waals surface area contributed by atoms with Crippen LogP contribution in [0.15, 0.2) is 24.3 Å². The molecule has 0 saturated carbocycles. The predicted octanol–water partition coefficient (Wildman–Crippen LogP) is 2.25. The van der Waals surface area contributed by atoms with Crippen LogP contribution in [0.1, 0.15) is 19.3 Å². The van der Waals surface area contributed by atoms with Gasteiger partial charge in [-0.3, -0.25) is 0 Å². The molecule has 1 saturated heterocycles. The lowest BCUT2D eigenvalue weighted by Crippen LogP contribution is -2.04. The first-order valence-electron chi connectivity index (χ1n) is 6.93. The molecule has 0 bridgehead atoms. The molecular formula is C15H22O4. The fourth-order valence-electron chi connectivity index (χ4n) is 2.17. The minimum absolute atomic E-state index is 0.0309. The van der Waals surface area contributed by atoms with E-state index in [1.54, 1.807) is 0 Å². The van der Waals surface area contributed by atoms with Gasteiger partial charge in [0, 0.05) is 13.2 Å². The third-order valence-electron chi connectivity index (χ3n) is 3.23. The Morgan fingerprint density at radius 2 is 1.79 bits per heavy atom. The monoisotopic (exact) mass is 266 g/mol. The lowest BCUT2D eigenvalue weighted by Gasteiger charge is -2.09. The Hall–Kier alpha value is -1.26. The van der Waals surface area contributed by atoms with Crippen LogP contribution in [0.25, 0.3) is 0 Å². The molecule has 1 N–H and O–H groups in total. The largest absolute Gasteiger partial charge is 0.494 e. The summed E-state index contributed by atoms with van der Waals surface area (Å²) in [5.74, 6) is 2.33. The van der Waals surface area contributed by atoms with Crippen molar-refractivity contribution in [2.24, 2.45) is 5.92 Å². The van der Waals surface area contributed by atoms with Crippen LogP contribution in [0.3, 0.4) is 0 Å². The smallest absolute Gasteiger partial charge is 0.119 e. The van der Waals surface area contributed by atoms with Crippen LogP contribution in [0.2, 0.25) is 0 Å². The Kier molecular flexibility index (Phi) is 5.98. The normalized spacial score (nSPS) is 18.5. The van der Waals surface area contributed by atoms with Crippen LogP contribution >= 0.6 is 0 Å². The molecule has 4 heteroatoms. The molecule has 1 aliphatic rings. The summed E-state index contributed by atoms with van der Waals surface area (Å²) in [4.78, 5) is 0. The topological polar surface area (TPSA) is 47.9 Å². The van der Waals surface area contributed by atoms with E-state index in [1.165, 1.54) is 12.8 Å². The molecule has 0 aromatic heterocycles. The maximum Gasteiger partial charge on any atom is 0.119 e. The maximum absolute atomic E-state index is 8.66. The Balaban J connectivity index is 1.62. The number of benzene rings is 1. The zero-order valence-electron chi connectivity index (χ0n) is 11.2. The first-order chi connectivity index (χ1) is 9.38. The summed E-state index contributed by atoms with van der Waals surface area (Å²) in [5, 5.41) is 8.66. The molecule has 2 rings (SSSR count). The second-order valence-electron chi connectivity index (χ2n) is 4.76. The van der Waals surface area contributed by atoms with Crippen molar-refractivity contribution >= 4 is 0 Å². The molecule has 19 heavy (non-hydrogen) atoms. The second kappa shape index (κ2) is 8.02. The first kappa shape index (κ1) is 14.2. The number of rotatable bonds is 8. The maximum atomic E-state index is 8.66. The highest BCUT2D eigenvalue weighted by Crippen LogP contribution is 2.20. The fraction of sp³-hybridized carbons (Fsp3) is 0.600. The Morgan fingerprint density at radius 3 is 2.37 bits per heavy atom. The number of aliphatic hydroxyl groups excluding tert-OH is 1. The molecule has 0 amide bonds. The van der Waals surface area contributed by atoms with E-state index in [4.69, 9.17) is 19.3 Å². The van der Waals surface area contributed by atoms with Crippen molar-refractivity contribution in [2.75, 3.05) is 33.0 Å². The third kappa shape index (κ3) is 5.09. The van der Waals surface area contributed by atoms with Crippen molar-refractivity contribution < 1.29 is 19.3 Å². The van der Waals surface area contributed by atoms with Gasteiger partial charge in [-0.25, -0.2) is 0 Å². The number of aliphatic hydroxyl groups is 1. The molecule has 1 atom stereocenters. The van der Waals surface area contributed by atoms with Gasteiger partial charge >= 0.3 is 0 Å². The first-order valence-corrected chi connectivity index (χ1v) is 6.93. The molecule has 4 nitrogen and oxygen atoms in total. The van der Waals surface area contributed by atoms with Crippen LogP contribution in [0.4, 0.5) is 0 Å². The predicted molar refractivity (Wildman–Crippen MR) is 72.7 cm³/mol. The van der Waals surface area contributed by atoms with E-state index in [2.05, 4.69) is 0 Å². The molecule has 106 valence electrons. The molecule has 0 aliphatic carbocycles. The molecule has 0 radical (unpaired) electrons. The van der Waals surface area contributed by atoms with E-state index in [0.717, 1.165) is 43.7 Å². The molecule has 1 aliphatic heterocycles. The van der Waals surface area contributed by atoms with Crippen LogP contribution in [0.5, 0.6) is 11.5 Å². The Labute approximate surface area is 114 Å². The van der Waals surface area contributed by atoms with E-state index < -0.39 is 0 Å². The summed E-state index contributed by atoms with van der Waals surface area (Å²) in [6.07, 6.45) is 3.44. The lowest BCUT2D eigenvalue weighted by atomic mass is 10.0. The molecule has 1 unspecified atom stereocenters. The summed E-state index contributed by atoms with van der Waals surface area (Å²) in [6.45, 7) is 2.93. The van der Waals surface area contributed by atoms with Crippen molar-refractivity contribution in [1.29, 1.82) is 0 Å². The summed E-state index contributed by atoms with van der Waals surface area (Å²) in [7, 11) is 0. The van der Waals surface area contributed by atoms with Crippen molar-refractivity contribution in [1.82, 2.24) is 0 Å². The minimum atomic E-state index is 0.0309. The summed E-state index contributed by atoms with van der Waals surface area (Å²) in [5.41, 5.74) is 0. The summed E-state index contributed by atoms with van der Waals surface area (Å²) < 4.78 is 16.3.